The van der Waals surface area contributed by atoms with Crippen molar-refractivity contribution >= 4 is 39.2 Å². The molecule has 0 fully saturated rings. The number of esters is 1. The third kappa shape index (κ3) is 3.70. The predicted molar refractivity (Wildman–Crippen MR) is 112 cm³/mol. The lowest BCUT2D eigenvalue weighted by Gasteiger charge is -2.18. The van der Waals surface area contributed by atoms with Crippen molar-refractivity contribution in [3.63, 3.8) is 0 Å². The first-order chi connectivity index (χ1) is 14.0. The molecule has 1 aromatic carbocycles. The molecule has 1 atom stereocenters. The average molecular weight is 411 g/mol. The molecule has 0 radical (unpaired) electrons. The van der Waals surface area contributed by atoms with Crippen molar-refractivity contribution in [1.82, 2.24) is 0 Å². The second-order valence-electron chi connectivity index (χ2n) is 7.22. The van der Waals surface area contributed by atoms with Crippen LogP contribution in [0.1, 0.15) is 51.4 Å². The van der Waals surface area contributed by atoms with Crippen LogP contribution in [0.5, 0.6) is 0 Å². The van der Waals surface area contributed by atoms with Crippen LogP contribution in [-0.4, -0.2) is 18.5 Å². The van der Waals surface area contributed by atoms with Gasteiger partial charge in [0, 0.05) is 10.3 Å². The first-order valence-corrected chi connectivity index (χ1v) is 10.5. The van der Waals surface area contributed by atoms with E-state index >= 15 is 0 Å². The summed E-state index contributed by atoms with van der Waals surface area (Å²) in [5.74, 6) is -0.519. The Morgan fingerprint density at radius 3 is 2.90 bits per heavy atom. The van der Waals surface area contributed by atoms with Gasteiger partial charge in [-0.1, -0.05) is 25.1 Å². The van der Waals surface area contributed by atoms with Crippen molar-refractivity contribution in [2.75, 3.05) is 11.9 Å². The maximum absolute atomic E-state index is 12.9. The molecule has 1 aliphatic carbocycles. The van der Waals surface area contributed by atoms with Crippen LogP contribution < -0.4 is 10.9 Å². The van der Waals surface area contributed by atoms with Gasteiger partial charge in [-0.25, -0.2) is 9.59 Å². The number of carbonyl (C=O) groups excluding carboxylic acids is 2. The number of thiophene rings is 1. The van der Waals surface area contributed by atoms with E-state index in [2.05, 4.69) is 12.2 Å². The summed E-state index contributed by atoms with van der Waals surface area (Å²) in [5, 5.41) is 3.85. The minimum absolute atomic E-state index is 0.0988. The first-order valence-electron chi connectivity index (χ1n) is 9.63. The van der Waals surface area contributed by atoms with Gasteiger partial charge < -0.3 is 14.5 Å². The van der Waals surface area contributed by atoms with Crippen molar-refractivity contribution < 1.29 is 18.7 Å². The van der Waals surface area contributed by atoms with Gasteiger partial charge in [0.1, 0.15) is 16.1 Å². The van der Waals surface area contributed by atoms with Crippen molar-refractivity contribution in [2.24, 2.45) is 5.92 Å². The van der Waals surface area contributed by atoms with Gasteiger partial charge in [-0.15, -0.1) is 11.3 Å². The van der Waals surface area contributed by atoms with E-state index in [4.69, 9.17) is 9.15 Å². The Kier molecular flexibility index (Phi) is 5.24. The summed E-state index contributed by atoms with van der Waals surface area (Å²) in [4.78, 5) is 38.9. The second-order valence-corrected chi connectivity index (χ2v) is 8.32. The number of carbonyl (C=O) groups is 2. The van der Waals surface area contributed by atoms with E-state index < -0.39 is 17.5 Å². The highest BCUT2D eigenvalue weighted by molar-refractivity contribution is 7.17. The van der Waals surface area contributed by atoms with E-state index in [0.717, 1.165) is 29.7 Å². The summed E-state index contributed by atoms with van der Waals surface area (Å²) < 4.78 is 10.5. The number of anilines is 1. The Labute approximate surface area is 171 Å². The van der Waals surface area contributed by atoms with Crippen molar-refractivity contribution in [2.45, 2.75) is 33.1 Å². The number of fused-ring (bicyclic) bond motifs is 2. The van der Waals surface area contributed by atoms with Crippen LogP contribution in [-0.2, 0) is 17.6 Å². The Bertz CT molecular complexity index is 1160. The third-order valence-corrected chi connectivity index (χ3v) is 6.27. The second kappa shape index (κ2) is 7.83. The molecule has 29 heavy (non-hydrogen) atoms. The molecule has 0 unspecified atom stereocenters. The number of nitrogens with one attached hydrogen (secondary N) is 1. The van der Waals surface area contributed by atoms with Gasteiger partial charge in [0.15, 0.2) is 0 Å². The highest BCUT2D eigenvalue weighted by Crippen LogP contribution is 2.40. The normalized spacial score (nSPS) is 15.7. The fraction of sp³-hybridized carbons (Fsp3) is 0.318. The van der Waals surface area contributed by atoms with Gasteiger partial charge in [-0.3, -0.25) is 4.79 Å². The van der Waals surface area contributed by atoms with Crippen LogP contribution in [0.25, 0.3) is 11.0 Å². The molecule has 0 bridgehead atoms. The number of ether oxygens (including phenoxy) is 1. The lowest BCUT2D eigenvalue weighted by Crippen LogP contribution is -2.21. The summed E-state index contributed by atoms with van der Waals surface area (Å²) in [7, 11) is 0. The zero-order chi connectivity index (χ0) is 20.5. The van der Waals surface area contributed by atoms with Crippen LogP contribution in [0.3, 0.4) is 0 Å². The maximum Gasteiger partial charge on any atom is 0.349 e. The number of rotatable bonds is 4. The van der Waals surface area contributed by atoms with E-state index in [1.165, 1.54) is 17.4 Å². The zero-order valence-electron chi connectivity index (χ0n) is 16.2. The molecule has 1 amide bonds. The van der Waals surface area contributed by atoms with Crippen LogP contribution in [0.2, 0.25) is 0 Å². The van der Waals surface area contributed by atoms with Gasteiger partial charge >= 0.3 is 11.6 Å². The Morgan fingerprint density at radius 1 is 1.31 bits per heavy atom. The predicted octanol–water partition coefficient (Wildman–Crippen LogP) is 4.41. The molecule has 0 saturated carbocycles. The van der Waals surface area contributed by atoms with Crippen molar-refractivity contribution in [3.05, 3.63) is 62.3 Å². The molecule has 150 valence electrons. The Balaban J connectivity index is 1.72. The van der Waals surface area contributed by atoms with Gasteiger partial charge in [-0.2, -0.15) is 0 Å². The first kappa shape index (κ1) is 19.4. The molecule has 2 aromatic heterocycles. The smallest absolute Gasteiger partial charge is 0.349 e. The molecule has 7 heteroatoms. The van der Waals surface area contributed by atoms with Gasteiger partial charge in [0.05, 0.1) is 12.2 Å². The number of hydrogen-bond acceptors (Lipinski definition) is 6. The highest BCUT2D eigenvalue weighted by atomic mass is 32.1. The monoisotopic (exact) mass is 411 g/mol. The van der Waals surface area contributed by atoms with Crippen LogP contribution in [0.15, 0.2) is 39.5 Å². The zero-order valence-corrected chi connectivity index (χ0v) is 17.1. The lowest BCUT2D eigenvalue weighted by molar-refractivity contribution is 0.0526. The summed E-state index contributed by atoms with van der Waals surface area (Å²) in [6, 6.07) is 8.51. The van der Waals surface area contributed by atoms with Gasteiger partial charge in [-0.05, 0) is 49.8 Å². The molecule has 0 spiro atoms. The summed E-state index contributed by atoms with van der Waals surface area (Å²) in [6.07, 6.45) is 2.62. The maximum atomic E-state index is 12.9. The largest absolute Gasteiger partial charge is 0.462 e. The van der Waals surface area contributed by atoms with E-state index in [1.807, 2.05) is 0 Å². The molecule has 1 aliphatic rings. The van der Waals surface area contributed by atoms with Gasteiger partial charge in [0.2, 0.25) is 0 Å². The summed E-state index contributed by atoms with van der Waals surface area (Å²) in [5.41, 5.74) is 0.971. The fourth-order valence-electron chi connectivity index (χ4n) is 3.65. The molecule has 1 N–H and O–H groups in total. The number of amides is 1. The van der Waals surface area contributed by atoms with Crippen molar-refractivity contribution in [1.29, 1.82) is 0 Å². The minimum atomic E-state index is -0.714. The molecule has 2 heterocycles. The van der Waals surface area contributed by atoms with E-state index in [9.17, 15) is 14.4 Å². The standard InChI is InChI=1S/C22H21NO5S/c1-3-27-22(26)18-14-9-8-12(2)10-17(14)29-20(18)23-19(24)15-11-13-6-4-5-7-16(13)28-21(15)25/h4-7,11-12H,3,8-10H2,1-2H3,(H,23,24)/t12-/m1/s1. The molecule has 6 nitrogen and oxygen atoms in total. The molecule has 0 aliphatic heterocycles. The number of benzene rings is 1. The molecule has 3 aromatic rings. The van der Waals surface area contributed by atoms with Crippen LogP contribution >= 0.6 is 11.3 Å². The summed E-state index contributed by atoms with van der Waals surface area (Å²) in [6.45, 7) is 4.17. The quantitative estimate of drug-likeness (QED) is 0.508. The summed E-state index contributed by atoms with van der Waals surface area (Å²) >= 11 is 1.39. The van der Waals surface area contributed by atoms with Crippen LogP contribution in [0, 0.1) is 5.92 Å². The minimum Gasteiger partial charge on any atom is -0.462 e. The fourth-order valence-corrected chi connectivity index (χ4v) is 5.04. The Hall–Kier alpha value is -2.93. The van der Waals surface area contributed by atoms with Crippen molar-refractivity contribution in [3.8, 4) is 0 Å². The van der Waals surface area contributed by atoms with Crippen LogP contribution in [0.4, 0.5) is 5.00 Å². The third-order valence-electron chi connectivity index (χ3n) is 5.10. The van der Waals surface area contributed by atoms with E-state index in [-0.39, 0.29) is 12.2 Å². The molecular weight excluding hydrogens is 390 g/mol. The topological polar surface area (TPSA) is 85.6 Å². The molecule has 4 rings (SSSR count). The number of hydrogen-bond donors (Lipinski definition) is 1. The molecule has 0 saturated heterocycles. The van der Waals surface area contributed by atoms with E-state index in [1.54, 1.807) is 31.2 Å². The SMILES string of the molecule is CCOC(=O)c1c(NC(=O)c2cc3ccccc3oc2=O)sc2c1CC[C@@H](C)C2. The average Bonchev–Trinajstić information content (AvgIpc) is 3.04. The lowest BCUT2D eigenvalue weighted by atomic mass is 9.88. The van der Waals surface area contributed by atoms with Gasteiger partial charge in [0.25, 0.3) is 5.91 Å². The van der Waals surface area contributed by atoms with E-state index in [0.29, 0.717) is 27.5 Å². The molecular formula is C22H21NO5S. The Morgan fingerprint density at radius 2 is 2.10 bits per heavy atom. The highest BCUT2D eigenvalue weighted by Gasteiger charge is 2.29. The number of para-hydroxylation sites is 1.